The fourth-order valence-corrected chi connectivity index (χ4v) is 0.772. The molecular formula is C9H15N. The van der Waals surface area contributed by atoms with Crippen LogP contribution >= 0.6 is 0 Å². The number of hydrogen-bond donors (Lipinski definition) is 1. The van der Waals surface area contributed by atoms with Gasteiger partial charge in [0.1, 0.15) is 0 Å². The van der Waals surface area contributed by atoms with Crippen molar-refractivity contribution in [3.05, 3.63) is 0 Å². The van der Waals surface area contributed by atoms with Gasteiger partial charge >= 0.3 is 0 Å². The molecule has 0 atom stereocenters. The summed E-state index contributed by atoms with van der Waals surface area (Å²) >= 11 is 0. The molecule has 1 aliphatic rings. The summed E-state index contributed by atoms with van der Waals surface area (Å²) in [6.07, 6.45) is 8.07. The maximum absolute atomic E-state index is 5.30. The van der Waals surface area contributed by atoms with Crippen molar-refractivity contribution in [1.82, 2.24) is 5.32 Å². The van der Waals surface area contributed by atoms with Crippen LogP contribution in [0.3, 0.4) is 0 Å². The number of hydrogen-bond acceptors (Lipinski definition) is 1. The predicted molar refractivity (Wildman–Crippen MR) is 43.6 cm³/mol. The minimum atomic E-state index is -0.109. The molecule has 0 saturated heterocycles. The van der Waals surface area contributed by atoms with Crippen LogP contribution in [0.4, 0.5) is 0 Å². The molecule has 0 amide bonds. The van der Waals surface area contributed by atoms with E-state index in [1.165, 1.54) is 12.8 Å². The van der Waals surface area contributed by atoms with E-state index in [0.717, 1.165) is 12.5 Å². The molecule has 0 heterocycles. The third-order valence-electron chi connectivity index (χ3n) is 1.89. The average molecular weight is 137 g/mol. The van der Waals surface area contributed by atoms with Gasteiger partial charge in [-0.05, 0) is 39.2 Å². The highest BCUT2D eigenvalue weighted by molar-refractivity contribution is 5.07. The second-order valence-electron chi connectivity index (χ2n) is 3.59. The molecule has 1 rings (SSSR count). The lowest BCUT2D eigenvalue weighted by molar-refractivity contribution is 0.477. The highest BCUT2D eigenvalue weighted by Gasteiger charge is 2.23. The van der Waals surface area contributed by atoms with Gasteiger partial charge in [0.25, 0.3) is 0 Å². The Morgan fingerprint density at radius 3 is 2.60 bits per heavy atom. The summed E-state index contributed by atoms with van der Waals surface area (Å²) in [7, 11) is 0. The summed E-state index contributed by atoms with van der Waals surface area (Å²) in [5, 5.41) is 3.33. The van der Waals surface area contributed by atoms with E-state index >= 15 is 0 Å². The molecule has 0 unspecified atom stereocenters. The fourth-order valence-electron chi connectivity index (χ4n) is 0.772. The molecule has 1 N–H and O–H groups in total. The monoisotopic (exact) mass is 137 g/mol. The Morgan fingerprint density at radius 1 is 1.60 bits per heavy atom. The van der Waals surface area contributed by atoms with Gasteiger partial charge in [0.2, 0.25) is 0 Å². The van der Waals surface area contributed by atoms with Crippen LogP contribution in [-0.4, -0.2) is 12.1 Å². The zero-order valence-corrected chi connectivity index (χ0v) is 6.78. The molecule has 0 aliphatic heterocycles. The van der Waals surface area contributed by atoms with Gasteiger partial charge in [-0.3, -0.25) is 0 Å². The van der Waals surface area contributed by atoms with E-state index in [2.05, 4.69) is 11.2 Å². The average Bonchev–Trinajstić information content (AvgIpc) is 2.66. The molecule has 0 bridgehead atoms. The first-order valence-corrected chi connectivity index (χ1v) is 3.87. The Balaban J connectivity index is 2.17. The summed E-state index contributed by atoms with van der Waals surface area (Å²) in [6, 6.07) is 0. The third kappa shape index (κ3) is 2.41. The number of rotatable bonds is 3. The topological polar surface area (TPSA) is 12.0 Å². The molecule has 56 valence electrons. The fraction of sp³-hybridized carbons (Fsp3) is 0.778. The zero-order chi connectivity index (χ0) is 7.61. The van der Waals surface area contributed by atoms with Gasteiger partial charge in [-0.15, -0.1) is 6.42 Å². The number of nitrogens with one attached hydrogen (secondary N) is 1. The maximum Gasteiger partial charge on any atom is 0.0741 e. The van der Waals surface area contributed by atoms with E-state index in [1.807, 2.05) is 13.8 Å². The summed E-state index contributed by atoms with van der Waals surface area (Å²) in [5.41, 5.74) is -0.109. The summed E-state index contributed by atoms with van der Waals surface area (Å²) in [6.45, 7) is 5.17. The quantitative estimate of drug-likeness (QED) is 0.580. The maximum atomic E-state index is 5.30. The minimum Gasteiger partial charge on any atom is -0.301 e. The molecule has 1 heteroatoms. The summed E-state index contributed by atoms with van der Waals surface area (Å²) < 4.78 is 0. The van der Waals surface area contributed by atoms with Crippen LogP contribution in [0.25, 0.3) is 0 Å². The van der Waals surface area contributed by atoms with Crippen LogP contribution in [-0.2, 0) is 0 Å². The van der Waals surface area contributed by atoms with E-state index in [0.29, 0.717) is 0 Å². The normalized spacial score (nSPS) is 18.5. The van der Waals surface area contributed by atoms with Crippen molar-refractivity contribution in [3.63, 3.8) is 0 Å². The van der Waals surface area contributed by atoms with Crippen molar-refractivity contribution in [2.75, 3.05) is 6.54 Å². The zero-order valence-electron chi connectivity index (χ0n) is 6.78. The van der Waals surface area contributed by atoms with Crippen molar-refractivity contribution >= 4 is 0 Å². The molecule has 1 saturated carbocycles. The second kappa shape index (κ2) is 2.64. The third-order valence-corrected chi connectivity index (χ3v) is 1.89. The lowest BCUT2D eigenvalue weighted by Crippen LogP contribution is -2.38. The summed E-state index contributed by atoms with van der Waals surface area (Å²) in [5.74, 6) is 3.62. The molecule has 0 aromatic heterocycles. The predicted octanol–water partition coefficient (Wildman–Crippen LogP) is 1.40. The lowest BCUT2D eigenvalue weighted by Gasteiger charge is -2.18. The van der Waals surface area contributed by atoms with Gasteiger partial charge in [-0.2, -0.15) is 0 Å². The highest BCUT2D eigenvalue weighted by atomic mass is 15.0. The Bertz CT molecular complexity index is 149. The van der Waals surface area contributed by atoms with Crippen molar-refractivity contribution in [1.29, 1.82) is 0 Å². The second-order valence-corrected chi connectivity index (χ2v) is 3.59. The lowest BCUT2D eigenvalue weighted by atomic mass is 10.1. The first-order chi connectivity index (χ1) is 4.64. The molecule has 1 aliphatic carbocycles. The van der Waals surface area contributed by atoms with Crippen molar-refractivity contribution in [2.24, 2.45) is 5.92 Å². The van der Waals surface area contributed by atoms with E-state index < -0.39 is 0 Å². The Morgan fingerprint density at radius 2 is 2.20 bits per heavy atom. The van der Waals surface area contributed by atoms with Gasteiger partial charge in [0.15, 0.2) is 0 Å². The Kier molecular flexibility index (Phi) is 2.01. The molecule has 0 aromatic carbocycles. The Labute approximate surface area is 63.2 Å². The van der Waals surface area contributed by atoms with E-state index in [9.17, 15) is 0 Å². The van der Waals surface area contributed by atoms with Crippen molar-refractivity contribution < 1.29 is 0 Å². The van der Waals surface area contributed by atoms with Crippen LogP contribution < -0.4 is 5.32 Å². The molecular weight excluding hydrogens is 122 g/mol. The minimum absolute atomic E-state index is 0.109. The van der Waals surface area contributed by atoms with Gasteiger partial charge < -0.3 is 5.32 Å². The first-order valence-electron chi connectivity index (χ1n) is 3.87. The highest BCUT2D eigenvalue weighted by Crippen LogP contribution is 2.28. The number of terminal acetylenes is 1. The van der Waals surface area contributed by atoms with Crippen LogP contribution in [0.5, 0.6) is 0 Å². The standard InChI is InChI=1S/C9H15N/c1-4-9(2,3)10-7-8-5-6-8/h1,8,10H,5-7H2,2-3H3. The largest absolute Gasteiger partial charge is 0.301 e. The molecule has 1 nitrogen and oxygen atoms in total. The van der Waals surface area contributed by atoms with E-state index in [1.54, 1.807) is 0 Å². The Hall–Kier alpha value is -0.480. The van der Waals surface area contributed by atoms with Crippen LogP contribution in [0.1, 0.15) is 26.7 Å². The van der Waals surface area contributed by atoms with Crippen LogP contribution in [0.15, 0.2) is 0 Å². The van der Waals surface area contributed by atoms with Gasteiger partial charge in [0, 0.05) is 0 Å². The molecule has 0 spiro atoms. The smallest absolute Gasteiger partial charge is 0.0741 e. The van der Waals surface area contributed by atoms with Gasteiger partial charge in [-0.25, -0.2) is 0 Å². The van der Waals surface area contributed by atoms with Crippen LogP contribution in [0.2, 0.25) is 0 Å². The summed E-state index contributed by atoms with van der Waals surface area (Å²) in [4.78, 5) is 0. The molecule has 0 radical (unpaired) electrons. The van der Waals surface area contributed by atoms with Crippen LogP contribution in [0, 0.1) is 18.3 Å². The van der Waals surface area contributed by atoms with E-state index in [-0.39, 0.29) is 5.54 Å². The molecule has 1 fully saturated rings. The molecule has 0 aromatic rings. The van der Waals surface area contributed by atoms with Crippen molar-refractivity contribution in [2.45, 2.75) is 32.2 Å². The van der Waals surface area contributed by atoms with E-state index in [4.69, 9.17) is 6.42 Å². The SMILES string of the molecule is C#CC(C)(C)NCC1CC1. The molecule has 10 heavy (non-hydrogen) atoms. The van der Waals surface area contributed by atoms with Crippen molar-refractivity contribution in [3.8, 4) is 12.3 Å². The first kappa shape index (κ1) is 7.63. The van der Waals surface area contributed by atoms with Gasteiger partial charge in [-0.1, -0.05) is 5.92 Å². The van der Waals surface area contributed by atoms with Gasteiger partial charge in [0.05, 0.1) is 5.54 Å².